The van der Waals surface area contributed by atoms with Gasteiger partial charge in [0.05, 0.1) is 10.2 Å². The molecular weight excluding hydrogens is 693 g/mol. The quantitative estimate of drug-likeness (QED) is 0.234. The van der Waals surface area contributed by atoms with Crippen molar-refractivity contribution < 1.29 is 29.0 Å². The van der Waals surface area contributed by atoms with Crippen LogP contribution in [0.15, 0.2) is 77.1 Å². The summed E-state index contributed by atoms with van der Waals surface area (Å²) in [7, 11) is 0. The molecule has 3 aromatic carbocycles. The van der Waals surface area contributed by atoms with Gasteiger partial charge in [-0.05, 0) is 87.2 Å². The monoisotopic (exact) mass is 733 g/mol. The smallest absolute Gasteiger partial charge is 0.323 e. The number of fused-ring (bicyclic) bond motifs is 1. The highest BCUT2D eigenvalue weighted by molar-refractivity contribution is 14.1. The van der Waals surface area contributed by atoms with E-state index in [1.807, 2.05) is 65.0 Å². The average Bonchev–Trinajstić information content (AvgIpc) is 2.96. The normalized spacial score (nSPS) is 19.3. The number of carboxylic acids is 1. The Kier molecular flexibility index (Phi) is 8.54. The number of carbonyl (C=O) groups is 3. The van der Waals surface area contributed by atoms with Crippen LogP contribution in [-0.4, -0.2) is 40.7 Å². The number of nitrogens with zero attached hydrogens (tertiary/aromatic N) is 1. The van der Waals surface area contributed by atoms with Crippen LogP contribution in [0.25, 0.3) is 10.8 Å². The zero-order valence-electron chi connectivity index (χ0n) is 27.0. The van der Waals surface area contributed by atoms with Gasteiger partial charge in [0, 0.05) is 41.3 Å². The lowest BCUT2D eigenvalue weighted by Crippen LogP contribution is -2.45. The molecule has 3 aromatic rings. The number of aliphatic carboxylic acids is 1. The van der Waals surface area contributed by atoms with E-state index < -0.39 is 11.9 Å². The molecule has 0 saturated carbocycles. The summed E-state index contributed by atoms with van der Waals surface area (Å²) in [5.41, 5.74) is 3.68. The van der Waals surface area contributed by atoms with Gasteiger partial charge in [0.25, 0.3) is 0 Å². The number of benzene rings is 3. The molecule has 0 radical (unpaired) electrons. The van der Waals surface area contributed by atoms with Gasteiger partial charge in [0.15, 0.2) is 23.1 Å². The first-order chi connectivity index (χ1) is 21.8. The van der Waals surface area contributed by atoms with E-state index in [-0.39, 0.29) is 28.9 Å². The van der Waals surface area contributed by atoms with Gasteiger partial charge in [-0.25, -0.2) is 0 Å². The Bertz CT molecular complexity index is 1770. The van der Waals surface area contributed by atoms with Crippen molar-refractivity contribution in [3.05, 3.63) is 91.8 Å². The largest absolute Gasteiger partial charge is 0.490 e. The Balaban J connectivity index is 1.49. The molecule has 0 spiro atoms. The fraction of sp³-hybridized carbons (Fsp3) is 0.395. The van der Waals surface area contributed by atoms with Gasteiger partial charge in [-0.3, -0.25) is 14.4 Å². The molecule has 1 heterocycles. The number of Topliss-reactive ketones (excluding diaryl/α,β-unsaturated/α-hetero) is 2. The van der Waals surface area contributed by atoms with E-state index in [1.54, 1.807) is 4.90 Å². The molecule has 1 N–H and O–H groups in total. The number of carbonyl (C=O) groups excluding carboxylic acids is 2. The first-order valence-electron chi connectivity index (χ1n) is 15.9. The summed E-state index contributed by atoms with van der Waals surface area (Å²) in [5.74, 6) is -0.529. The summed E-state index contributed by atoms with van der Waals surface area (Å²) in [6.45, 7) is 10.5. The highest BCUT2D eigenvalue weighted by Gasteiger charge is 2.49. The molecule has 3 aliphatic rings. The van der Waals surface area contributed by atoms with Gasteiger partial charge in [0.1, 0.15) is 13.2 Å². The average molecular weight is 734 g/mol. The van der Waals surface area contributed by atoms with Crippen molar-refractivity contribution in [2.24, 2.45) is 10.8 Å². The molecule has 240 valence electrons. The van der Waals surface area contributed by atoms with Crippen LogP contribution in [0.1, 0.15) is 77.3 Å². The van der Waals surface area contributed by atoms with Crippen LogP contribution in [0.5, 0.6) is 11.5 Å². The minimum Gasteiger partial charge on any atom is -0.490 e. The number of carboxylic acid groups (broad SMARTS) is 1. The zero-order valence-corrected chi connectivity index (χ0v) is 29.2. The third-order valence-corrected chi connectivity index (χ3v) is 10.0. The first kappa shape index (κ1) is 32.3. The topological polar surface area (TPSA) is 93.1 Å². The van der Waals surface area contributed by atoms with E-state index in [0.29, 0.717) is 61.5 Å². The summed E-state index contributed by atoms with van der Waals surface area (Å²) in [4.78, 5) is 42.1. The lowest BCUT2D eigenvalue weighted by Gasteiger charge is -2.48. The third-order valence-electron chi connectivity index (χ3n) is 9.23. The minimum absolute atomic E-state index is 0.0416. The Labute approximate surface area is 283 Å². The van der Waals surface area contributed by atoms with Crippen LogP contribution in [0.3, 0.4) is 0 Å². The first-order valence-corrected chi connectivity index (χ1v) is 16.9. The Morgan fingerprint density at radius 1 is 0.891 bits per heavy atom. The highest BCUT2D eigenvalue weighted by atomic mass is 127. The maximum absolute atomic E-state index is 14.1. The van der Waals surface area contributed by atoms with Gasteiger partial charge in [-0.15, -0.1) is 0 Å². The Morgan fingerprint density at radius 3 is 2.11 bits per heavy atom. The van der Waals surface area contributed by atoms with E-state index in [2.05, 4.69) is 46.9 Å². The number of ether oxygens (including phenoxy) is 2. The van der Waals surface area contributed by atoms with Gasteiger partial charge in [0.2, 0.25) is 0 Å². The predicted molar refractivity (Wildman–Crippen MR) is 186 cm³/mol. The summed E-state index contributed by atoms with van der Waals surface area (Å²) >= 11 is 2.25. The van der Waals surface area contributed by atoms with Crippen molar-refractivity contribution in [1.82, 2.24) is 4.90 Å². The fourth-order valence-corrected chi connectivity index (χ4v) is 8.21. The summed E-state index contributed by atoms with van der Waals surface area (Å²) in [6.07, 6.45) is 1.75. The predicted octanol–water partition coefficient (Wildman–Crippen LogP) is 8.19. The van der Waals surface area contributed by atoms with E-state index in [1.165, 1.54) is 0 Å². The standard InChI is InChI=1S/C38H40INO6/c1-6-45-31-15-24(14-26(39)36(31)46-21-23-12-9-11-22-10-7-8-13-25(22)23)33-34-27(16-37(2,3)18-29(34)41)40(20-32(43)44)28-17-38(4,5)19-30(42)35(28)33/h7-15,33H,6,16-21H2,1-5H3,(H,43,44). The summed E-state index contributed by atoms with van der Waals surface area (Å²) in [5, 5.41) is 12.3. The van der Waals surface area contributed by atoms with Crippen LogP contribution in [0.2, 0.25) is 0 Å². The molecule has 6 rings (SSSR count). The lowest BCUT2D eigenvalue weighted by atomic mass is 9.63. The molecule has 0 unspecified atom stereocenters. The second kappa shape index (κ2) is 12.2. The number of ketones is 2. The van der Waals surface area contributed by atoms with Crippen molar-refractivity contribution in [2.45, 2.75) is 72.8 Å². The van der Waals surface area contributed by atoms with Gasteiger partial charge in [-0.2, -0.15) is 0 Å². The molecule has 46 heavy (non-hydrogen) atoms. The molecule has 8 heteroatoms. The molecule has 0 bridgehead atoms. The fourth-order valence-electron chi connectivity index (χ4n) is 7.43. The molecule has 0 atom stereocenters. The molecule has 1 aliphatic heterocycles. The number of halogens is 1. The van der Waals surface area contributed by atoms with Gasteiger partial charge >= 0.3 is 5.97 Å². The Hall–Kier alpha value is -3.66. The van der Waals surface area contributed by atoms with Gasteiger partial charge in [-0.1, -0.05) is 70.2 Å². The SMILES string of the molecule is CCOc1cc(C2C3=C(CC(C)(C)CC3=O)N(CC(=O)O)C3=C2C(=O)CC(C)(C)C3)cc(I)c1OCc1cccc2ccccc12. The van der Waals surface area contributed by atoms with E-state index in [0.717, 1.165) is 36.9 Å². The number of hydrogen-bond donors (Lipinski definition) is 1. The van der Waals surface area contributed by atoms with Crippen molar-refractivity contribution in [3.8, 4) is 11.5 Å². The van der Waals surface area contributed by atoms with Crippen LogP contribution in [0.4, 0.5) is 0 Å². The minimum atomic E-state index is -0.996. The molecule has 2 aliphatic carbocycles. The summed E-state index contributed by atoms with van der Waals surface area (Å²) < 4.78 is 13.4. The zero-order chi connectivity index (χ0) is 33.0. The van der Waals surface area contributed by atoms with Crippen molar-refractivity contribution >= 4 is 50.9 Å². The van der Waals surface area contributed by atoms with Crippen molar-refractivity contribution in [3.63, 3.8) is 0 Å². The van der Waals surface area contributed by atoms with Gasteiger partial charge < -0.3 is 19.5 Å². The molecule has 7 nitrogen and oxygen atoms in total. The second-order valence-electron chi connectivity index (χ2n) is 14.2. The molecule has 0 saturated heterocycles. The van der Waals surface area contributed by atoms with Crippen LogP contribution < -0.4 is 9.47 Å². The lowest BCUT2D eigenvalue weighted by molar-refractivity contribution is -0.138. The molecule has 0 fully saturated rings. The third kappa shape index (κ3) is 6.08. The van der Waals surface area contributed by atoms with E-state index in [9.17, 15) is 19.5 Å². The molecule has 0 aromatic heterocycles. The van der Waals surface area contributed by atoms with Crippen LogP contribution >= 0.6 is 22.6 Å². The van der Waals surface area contributed by atoms with Crippen LogP contribution in [0, 0.1) is 14.4 Å². The second-order valence-corrected chi connectivity index (χ2v) is 15.4. The summed E-state index contributed by atoms with van der Waals surface area (Å²) in [6, 6.07) is 18.3. The van der Waals surface area contributed by atoms with E-state index in [4.69, 9.17) is 9.47 Å². The van der Waals surface area contributed by atoms with Crippen molar-refractivity contribution in [1.29, 1.82) is 0 Å². The maximum atomic E-state index is 14.1. The number of hydrogen-bond acceptors (Lipinski definition) is 6. The number of allylic oxidation sites excluding steroid dienone is 4. The number of rotatable bonds is 8. The molecular formula is C38H40INO6. The van der Waals surface area contributed by atoms with E-state index >= 15 is 0 Å². The Morgan fingerprint density at radius 2 is 1.50 bits per heavy atom. The van der Waals surface area contributed by atoms with Crippen molar-refractivity contribution in [2.75, 3.05) is 13.2 Å². The maximum Gasteiger partial charge on any atom is 0.323 e. The molecule has 0 amide bonds. The highest BCUT2D eigenvalue weighted by Crippen LogP contribution is 2.55. The van der Waals surface area contributed by atoms with Crippen LogP contribution in [-0.2, 0) is 21.0 Å².